The van der Waals surface area contributed by atoms with E-state index < -0.39 is 17.8 Å². The van der Waals surface area contributed by atoms with E-state index in [1.807, 2.05) is 35.6 Å². The molecule has 0 saturated carbocycles. The van der Waals surface area contributed by atoms with Crippen LogP contribution in [-0.4, -0.2) is 11.2 Å². The largest absolute Gasteiger partial charge is 0.465 e. The van der Waals surface area contributed by atoms with Crippen LogP contribution in [0.1, 0.15) is 5.56 Å². The minimum absolute atomic E-state index is 0.104. The van der Waals surface area contributed by atoms with Gasteiger partial charge in [0, 0.05) is 10.7 Å². The van der Waals surface area contributed by atoms with E-state index in [1.165, 1.54) is 6.07 Å². The molecular weight excluding hydrogens is 307 g/mol. The molecule has 0 fully saturated rings. The van der Waals surface area contributed by atoms with Crippen LogP contribution in [0.5, 0.6) is 0 Å². The molecule has 0 aromatic heterocycles. The minimum Gasteiger partial charge on any atom is -0.465 e. The summed E-state index contributed by atoms with van der Waals surface area (Å²) in [4.78, 5) is 10.1. The third kappa shape index (κ3) is 6.67. The van der Waals surface area contributed by atoms with Crippen molar-refractivity contribution in [1.82, 2.24) is 0 Å². The highest BCUT2D eigenvalue weighted by atomic mass is 35.5. The Balaban J connectivity index is 0.000000262. The average molecular weight is 318 g/mol. The van der Waals surface area contributed by atoms with Crippen molar-refractivity contribution in [2.75, 3.05) is 5.32 Å². The smallest absolute Gasteiger partial charge is 0.416 e. The van der Waals surface area contributed by atoms with Crippen molar-refractivity contribution in [3.8, 4) is 0 Å². The number of benzene rings is 2. The molecule has 3 nitrogen and oxygen atoms in total. The van der Waals surface area contributed by atoms with Gasteiger partial charge in [-0.25, -0.2) is 4.79 Å². The zero-order chi connectivity index (χ0) is 15.9. The Morgan fingerprint density at radius 2 is 1.67 bits per heavy atom. The van der Waals surface area contributed by atoms with Crippen molar-refractivity contribution >= 4 is 23.4 Å². The second-order valence-corrected chi connectivity index (χ2v) is 4.24. The van der Waals surface area contributed by atoms with Crippen LogP contribution in [0.15, 0.2) is 54.6 Å². The first-order valence-electron chi connectivity index (χ1n) is 5.67. The van der Waals surface area contributed by atoms with Gasteiger partial charge in [0.15, 0.2) is 0 Å². The van der Waals surface area contributed by atoms with Gasteiger partial charge < -0.3 is 5.11 Å². The Kier molecular flexibility index (Phi) is 6.05. The Morgan fingerprint density at radius 1 is 1.05 bits per heavy atom. The van der Waals surface area contributed by atoms with Crippen molar-refractivity contribution in [2.45, 2.75) is 6.18 Å². The van der Waals surface area contributed by atoms with Gasteiger partial charge in [0.2, 0.25) is 0 Å². The molecule has 7 heteroatoms. The molecule has 0 aliphatic rings. The highest BCUT2D eigenvalue weighted by Gasteiger charge is 2.30. The normalized spacial score (nSPS) is 10.3. The monoisotopic (exact) mass is 317 g/mol. The van der Waals surface area contributed by atoms with E-state index in [0.717, 1.165) is 23.2 Å². The third-order valence-electron chi connectivity index (χ3n) is 2.17. The number of carbonyl (C=O) groups is 1. The summed E-state index contributed by atoms with van der Waals surface area (Å²) in [5.41, 5.74) is -0.990. The lowest BCUT2D eigenvalue weighted by Gasteiger charge is -2.07. The van der Waals surface area contributed by atoms with Gasteiger partial charge in [0.1, 0.15) is 0 Å². The van der Waals surface area contributed by atoms with E-state index in [1.54, 1.807) is 0 Å². The van der Waals surface area contributed by atoms with E-state index in [2.05, 4.69) is 0 Å². The highest BCUT2D eigenvalue weighted by Crippen LogP contribution is 2.30. The Hall–Kier alpha value is -2.21. The number of rotatable bonds is 1. The molecule has 0 atom stereocenters. The van der Waals surface area contributed by atoms with Crippen molar-refractivity contribution in [1.29, 1.82) is 0 Å². The summed E-state index contributed by atoms with van der Waals surface area (Å²) in [5.74, 6) is 0. The molecule has 1 amide bonds. The van der Waals surface area contributed by atoms with E-state index in [-0.39, 0.29) is 5.69 Å². The molecule has 2 rings (SSSR count). The molecule has 0 bridgehead atoms. The molecule has 21 heavy (non-hydrogen) atoms. The molecule has 0 heterocycles. The zero-order valence-corrected chi connectivity index (χ0v) is 11.3. The number of nitrogens with one attached hydrogen (secondary N) is 1. The molecular formula is C14H11ClF3NO2. The van der Waals surface area contributed by atoms with Gasteiger partial charge in [0.25, 0.3) is 0 Å². The fraction of sp³-hybridized carbons (Fsp3) is 0.0714. The number of anilines is 1. The maximum Gasteiger partial charge on any atom is 0.416 e. The first-order valence-corrected chi connectivity index (χ1v) is 6.04. The van der Waals surface area contributed by atoms with Crippen LogP contribution >= 0.6 is 11.6 Å². The predicted octanol–water partition coefficient (Wildman–Crippen LogP) is 5.14. The molecule has 0 saturated heterocycles. The average Bonchev–Trinajstić information content (AvgIpc) is 2.39. The fourth-order valence-electron chi connectivity index (χ4n) is 1.31. The number of carboxylic acid groups (broad SMARTS) is 1. The van der Waals surface area contributed by atoms with E-state index in [0.29, 0.717) is 0 Å². The highest BCUT2D eigenvalue weighted by molar-refractivity contribution is 6.30. The summed E-state index contributed by atoms with van der Waals surface area (Å²) in [6.45, 7) is 0. The molecule has 0 aliphatic carbocycles. The maximum absolute atomic E-state index is 12.1. The quantitative estimate of drug-likeness (QED) is 0.765. The molecule has 0 spiro atoms. The second-order valence-electron chi connectivity index (χ2n) is 3.80. The topological polar surface area (TPSA) is 49.3 Å². The van der Waals surface area contributed by atoms with Gasteiger partial charge in [0.05, 0.1) is 5.56 Å². The first kappa shape index (κ1) is 16.8. The Bertz CT molecular complexity index is 588. The van der Waals surface area contributed by atoms with Crippen molar-refractivity contribution in [3.05, 3.63) is 65.2 Å². The maximum atomic E-state index is 12.1. The number of amides is 1. The van der Waals surface area contributed by atoms with Crippen molar-refractivity contribution in [3.63, 3.8) is 0 Å². The van der Waals surface area contributed by atoms with Crippen LogP contribution in [-0.2, 0) is 6.18 Å². The summed E-state index contributed by atoms with van der Waals surface area (Å²) >= 11 is 5.54. The molecule has 0 unspecified atom stereocenters. The van der Waals surface area contributed by atoms with E-state index in [9.17, 15) is 18.0 Å². The van der Waals surface area contributed by atoms with Gasteiger partial charge in [-0.3, -0.25) is 5.32 Å². The van der Waals surface area contributed by atoms with E-state index >= 15 is 0 Å². The third-order valence-corrected chi connectivity index (χ3v) is 2.43. The van der Waals surface area contributed by atoms with Crippen molar-refractivity contribution in [2.24, 2.45) is 0 Å². The molecule has 112 valence electrons. The van der Waals surface area contributed by atoms with Crippen LogP contribution in [0, 0.1) is 0 Å². The van der Waals surface area contributed by atoms with Crippen LogP contribution in [0.4, 0.5) is 23.7 Å². The second kappa shape index (κ2) is 7.54. The van der Waals surface area contributed by atoms with Gasteiger partial charge in [-0.15, -0.1) is 0 Å². The summed E-state index contributed by atoms with van der Waals surface area (Å²) in [6, 6.07) is 13.4. The lowest BCUT2D eigenvalue weighted by Crippen LogP contribution is -2.09. The van der Waals surface area contributed by atoms with Gasteiger partial charge >= 0.3 is 12.3 Å². The molecule has 0 aliphatic heterocycles. The SMILES string of the molecule is Clc1ccccc1.O=C(O)Nc1cccc(C(F)(F)F)c1. The number of hydrogen-bond donors (Lipinski definition) is 2. The molecule has 2 aromatic carbocycles. The van der Waals surface area contributed by atoms with Crippen LogP contribution in [0.2, 0.25) is 5.02 Å². The summed E-state index contributed by atoms with van der Waals surface area (Å²) in [7, 11) is 0. The van der Waals surface area contributed by atoms with Crippen LogP contribution in [0.25, 0.3) is 0 Å². The van der Waals surface area contributed by atoms with Gasteiger partial charge in [-0.1, -0.05) is 35.9 Å². The van der Waals surface area contributed by atoms with Crippen LogP contribution in [0.3, 0.4) is 0 Å². The zero-order valence-electron chi connectivity index (χ0n) is 10.6. The Labute approximate surface area is 124 Å². The number of hydrogen-bond acceptors (Lipinski definition) is 1. The standard InChI is InChI=1S/C8H6F3NO2.C6H5Cl/c9-8(10,11)5-2-1-3-6(4-5)12-7(13)14;7-6-4-2-1-3-5-6/h1-4,12H,(H,13,14);1-5H. The predicted molar refractivity (Wildman–Crippen MR) is 74.5 cm³/mol. The molecule has 2 N–H and O–H groups in total. The fourth-order valence-corrected chi connectivity index (χ4v) is 1.46. The molecule has 2 aromatic rings. The van der Waals surface area contributed by atoms with Gasteiger partial charge in [-0.2, -0.15) is 13.2 Å². The summed E-state index contributed by atoms with van der Waals surface area (Å²) in [5, 5.41) is 10.9. The molecule has 0 radical (unpaired) electrons. The summed E-state index contributed by atoms with van der Waals surface area (Å²) in [6.07, 6.45) is -5.86. The minimum atomic E-state index is -4.46. The van der Waals surface area contributed by atoms with Crippen molar-refractivity contribution < 1.29 is 23.1 Å². The first-order chi connectivity index (χ1) is 9.79. The van der Waals surface area contributed by atoms with Crippen LogP contribution < -0.4 is 5.32 Å². The van der Waals surface area contributed by atoms with Gasteiger partial charge in [-0.05, 0) is 30.3 Å². The number of alkyl halides is 3. The Morgan fingerprint density at radius 3 is 2.10 bits per heavy atom. The van der Waals surface area contributed by atoms with E-state index in [4.69, 9.17) is 16.7 Å². The lowest BCUT2D eigenvalue weighted by molar-refractivity contribution is -0.137. The lowest BCUT2D eigenvalue weighted by atomic mass is 10.2. The number of halogens is 4. The summed E-state index contributed by atoms with van der Waals surface area (Å²) < 4.78 is 36.4.